The summed E-state index contributed by atoms with van der Waals surface area (Å²) in [5, 5.41) is 9.65. The molecule has 5 atom stereocenters. The third kappa shape index (κ3) is 5.02. The molecule has 1 aliphatic carbocycles. The molecule has 1 amide bonds. The fraction of sp³-hybridized carbons (Fsp3) is 0.625. The van der Waals surface area contributed by atoms with Crippen LogP contribution in [-0.4, -0.2) is 46.5 Å². The second kappa shape index (κ2) is 10.1. The zero-order valence-electron chi connectivity index (χ0n) is 18.0. The van der Waals surface area contributed by atoms with Crippen LogP contribution in [0, 0.1) is 17.8 Å². The van der Waals surface area contributed by atoms with E-state index in [1.165, 1.54) is 0 Å². The standard InChI is InChI=1S/C24H33NO5/c1-3-30-24(29)19(13-12-17-8-5-4-6-9-17)14-16(2)22(26)25-20-11-7-10-18(20)15-21(25)23(27)28/h4-6,8-9,16,18-21H,3,7,10-15H2,1-2H3,(H,27,28). The Morgan fingerprint density at radius 1 is 1.20 bits per heavy atom. The number of benzene rings is 1. The highest BCUT2D eigenvalue weighted by Crippen LogP contribution is 2.42. The highest BCUT2D eigenvalue weighted by molar-refractivity contribution is 5.86. The van der Waals surface area contributed by atoms with Gasteiger partial charge < -0.3 is 14.7 Å². The second-order valence-corrected chi connectivity index (χ2v) is 8.70. The fourth-order valence-electron chi connectivity index (χ4n) is 5.19. The molecule has 0 radical (unpaired) electrons. The number of fused-ring (bicyclic) bond motifs is 1. The highest BCUT2D eigenvalue weighted by Gasteiger charge is 2.49. The van der Waals surface area contributed by atoms with Crippen LogP contribution in [0.5, 0.6) is 0 Å². The van der Waals surface area contributed by atoms with Gasteiger partial charge in [0, 0.05) is 12.0 Å². The summed E-state index contributed by atoms with van der Waals surface area (Å²) in [6.07, 6.45) is 5.19. The molecule has 1 saturated carbocycles. The van der Waals surface area contributed by atoms with Crippen molar-refractivity contribution < 1.29 is 24.2 Å². The van der Waals surface area contributed by atoms with Gasteiger partial charge >= 0.3 is 11.9 Å². The molecule has 164 valence electrons. The lowest BCUT2D eigenvalue weighted by Crippen LogP contribution is -2.47. The van der Waals surface area contributed by atoms with E-state index in [-0.39, 0.29) is 23.8 Å². The first-order valence-corrected chi connectivity index (χ1v) is 11.2. The number of hydrogen-bond donors (Lipinski definition) is 1. The zero-order valence-corrected chi connectivity index (χ0v) is 18.0. The van der Waals surface area contributed by atoms with E-state index in [4.69, 9.17) is 4.74 Å². The van der Waals surface area contributed by atoms with Crippen molar-refractivity contribution in [3.63, 3.8) is 0 Å². The Morgan fingerprint density at radius 3 is 2.60 bits per heavy atom. The number of carbonyl (C=O) groups is 3. The van der Waals surface area contributed by atoms with E-state index in [2.05, 4.69) is 0 Å². The van der Waals surface area contributed by atoms with Crippen molar-refractivity contribution in [2.75, 3.05) is 6.61 Å². The lowest BCUT2D eigenvalue weighted by Gasteiger charge is -2.31. The van der Waals surface area contributed by atoms with Crippen molar-refractivity contribution in [1.82, 2.24) is 4.90 Å². The average molecular weight is 416 g/mol. The molecule has 30 heavy (non-hydrogen) atoms. The van der Waals surface area contributed by atoms with E-state index < -0.39 is 17.9 Å². The summed E-state index contributed by atoms with van der Waals surface area (Å²) in [4.78, 5) is 39.3. The van der Waals surface area contributed by atoms with Crippen LogP contribution in [0.4, 0.5) is 0 Å². The summed E-state index contributed by atoms with van der Waals surface area (Å²) in [6, 6.07) is 9.25. The van der Waals surface area contributed by atoms with Gasteiger partial charge in [-0.1, -0.05) is 43.7 Å². The maximum Gasteiger partial charge on any atom is 0.326 e. The van der Waals surface area contributed by atoms with Crippen molar-refractivity contribution in [3.05, 3.63) is 35.9 Å². The molecular formula is C24H33NO5. The van der Waals surface area contributed by atoms with Gasteiger partial charge in [0.1, 0.15) is 6.04 Å². The molecule has 0 spiro atoms. The van der Waals surface area contributed by atoms with Gasteiger partial charge in [0.25, 0.3) is 0 Å². The number of carboxylic acids is 1. The van der Waals surface area contributed by atoms with E-state index in [0.29, 0.717) is 31.8 Å². The van der Waals surface area contributed by atoms with Crippen LogP contribution in [0.1, 0.15) is 57.9 Å². The number of esters is 1. The Morgan fingerprint density at radius 2 is 1.93 bits per heavy atom. The smallest absolute Gasteiger partial charge is 0.326 e. The van der Waals surface area contributed by atoms with Crippen molar-refractivity contribution in [1.29, 1.82) is 0 Å². The minimum absolute atomic E-state index is 0.0337. The summed E-state index contributed by atoms with van der Waals surface area (Å²) < 4.78 is 5.27. The number of carboxylic acid groups (broad SMARTS) is 1. The van der Waals surface area contributed by atoms with Crippen molar-refractivity contribution in [2.45, 2.75) is 70.9 Å². The summed E-state index contributed by atoms with van der Waals surface area (Å²) in [7, 11) is 0. The number of aliphatic carboxylic acids is 1. The average Bonchev–Trinajstić information content (AvgIpc) is 3.32. The number of amides is 1. The number of ether oxygens (including phenoxy) is 1. The van der Waals surface area contributed by atoms with Crippen LogP contribution in [-0.2, 0) is 25.5 Å². The van der Waals surface area contributed by atoms with E-state index in [0.717, 1.165) is 31.2 Å². The summed E-state index contributed by atoms with van der Waals surface area (Å²) in [5.74, 6) is -1.84. The SMILES string of the molecule is CCOC(=O)C(CCc1ccccc1)CC(C)C(=O)N1C(C(=O)O)CC2CCCC21. The Hall–Kier alpha value is -2.37. The molecule has 1 heterocycles. The Labute approximate surface area is 178 Å². The molecule has 1 aliphatic heterocycles. The first kappa shape index (κ1) is 22.3. The van der Waals surface area contributed by atoms with Crippen LogP contribution in [0.3, 0.4) is 0 Å². The number of likely N-dealkylation sites (tertiary alicyclic amines) is 1. The summed E-state index contributed by atoms with van der Waals surface area (Å²) in [6.45, 7) is 3.90. The van der Waals surface area contributed by atoms with E-state index in [9.17, 15) is 19.5 Å². The topological polar surface area (TPSA) is 83.9 Å². The molecule has 1 saturated heterocycles. The third-order valence-corrected chi connectivity index (χ3v) is 6.68. The number of aryl methyl sites for hydroxylation is 1. The van der Waals surface area contributed by atoms with Gasteiger partial charge in [-0.2, -0.15) is 0 Å². The van der Waals surface area contributed by atoms with Crippen LogP contribution < -0.4 is 0 Å². The molecule has 3 rings (SSSR count). The van der Waals surface area contributed by atoms with E-state index in [1.54, 1.807) is 11.8 Å². The van der Waals surface area contributed by atoms with Crippen LogP contribution >= 0.6 is 0 Å². The molecule has 2 fully saturated rings. The molecule has 1 aromatic carbocycles. The van der Waals surface area contributed by atoms with Crippen molar-refractivity contribution in [2.24, 2.45) is 17.8 Å². The maximum absolute atomic E-state index is 13.3. The first-order chi connectivity index (χ1) is 14.4. The minimum Gasteiger partial charge on any atom is -0.480 e. The van der Waals surface area contributed by atoms with Crippen LogP contribution in [0.15, 0.2) is 30.3 Å². The maximum atomic E-state index is 13.3. The van der Waals surface area contributed by atoms with Crippen molar-refractivity contribution in [3.8, 4) is 0 Å². The van der Waals surface area contributed by atoms with Gasteiger partial charge in [-0.25, -0.2) is 4.79 Å². The number of carbonyl (C=O) groups excluding carboxylic acids is 2. The molecule has 6 nitrogen and oxygen atoms in total. The van der Waals surface area contributed by atoms with Gasteiger partial charge in [0.05, 0.1) is 12.5 Å². The second-order valence-electron chi connectivity index (χ2n) is 8.70. The largest absolute Gasteiger partial charge is 0.480 e. The predicted octanol–water partition coefficient (Wildman–Crippen LogP) is 3.68. The predicted molar refractivity (Wildman–Crippen MR) is 113 cm³/mol. The fourth-order valence-corrected chi connectivity index (χ4v) is 5.19. The van der Waals surface area contributed by atoms with Gasteiger partial charge in [0.2, 0.25) is 5.91 Å². The zero-order chi connectivity index (χ0) is 21.7. The molecule has 6 heteroatoms. The third-order valence-electron chi connectivity index (χ3n) is 6.68. The Balaban J connectivity index is 1.68. The van der Waals surface area contributed by atoms with E-state index in [1.807, 2.05) is 37.3 Å². The molecular weight excluding hydrogens is 382 g/mol. The van der Waals surface area contributed by atoms with Crippen LogP contribution in [0.25, 0.3) is 0 Å². The lowest BCUT2D eigenvalue weighted by molar-refractivity contribution is -0.153. The highest BCUT2D eigenvalue weighted by atomic mass is 16.5. The van der Waals surface area contributed by atoms with Gasteiger partial charge in [-0.05, 0) is 56.9 Å². The molecule has 2 aliphatic rings. The quantitative estimate of drug-likeness (QED) is 0.622. The van der Waals surface area contributed by atoms with Gasteiger partial charge in [0.15, 0.2) is 0 Å². The first-order valence-electron chi connectivity index (χ1n) is 11.2. The Kier molecular flexibility index (Phi) is 7.51. The molecule has 0 aromatic heterocycles. The van der Waals surface area contributed by atoms with E-state index >= 15 is 0 Å². The monoisotopic (exact) mass is 415 g/mol. The molecule has 1 aromatic rings. The number of nitrogens with zero attached hydrogens (tertiary/aromatic N) is 1. The minimum atomic E-state index is -0.920. The van der Waals surface area contributed by atoms with Crippen molar-refractivity contribution >= 4 is 17.8 Å². The molecule has 5 unspecified atom stereocenters. The summed E-state index contributed by atoms with van der Waals surface area (Å²) >= 11 is 0. The lowest BCUT2D eigenvalue weighted by atomic mass is 9.89. The van der Waals surface area contributed by atoms with Crippen LogP contribution in [0.2, 0.25) is 0 Å². The normalized spacial score (nSPS) is 24.9. The van der Waals surface area contributed by atoms with Gasteiger partial charge in [-0.3, -0.25) is 9.59 Å². The van der Waals surface area contributed by atoms with Gasteiger partial charge in [-0.15, -0.1) is 0 Å². The number of rotatable bonds is 9. The molecule has 1 N–H and O–H groups in total. The number of hydrogen-bond acceptors (Lipinski definition) is 4. The molecule has 0 bridgehead atoms. The summed E-state index contributed by atoms with van der Waals surface area (Å²) in [5.41, 5.74) is 1.14. The Bertz CT molecular complexity index is 749.